The van der Waals surface area contributed by atoms with Crippen molar-refractivity contribution in [3.05, 3.63) is 27.7 Å². The molecule has 0 amide bonds. The lowest BCUT2D eigenvalue weighted by Crippen LogP contribution is -2.22. The molecule has 1 N–H and O–H groups in total. The molecule has 0 aromatic heterocycles. The number of fused-ring (bicyclic) bond motifs is 1. The predicted molar refractivity (Wildman–Crippen MR) is 63.0 cm³/mol. The quantitative estimate of drug-likeness (QED) is 0.777. The fourth-order valence-corrected chi connectivity index (χ4v) is 2.70. The van der Waals surface area contributed by atoms with Gasteiger partial charge in [0, 0.05) is 11.6 Å². The Bertz CT molecular complexity index is 431. The van der Waals surface area contributed by atoms with Gasteiger partial charge in [-0.3, -0.25) is 0 Å². The van der Waals surface area contributed by atoms with Gasteiger partial charge < -0.3 is 5.32 Å². The van der Waals surface area contributed by atoms with Crippen molar-refractivity contribution >= 4 is 28.9 Å². The first-order valence-corrected chi connectivity index (χ1v) is 5.92. The van der Waals surface area contributed by atoms with Crippen LogP contribution in [-0.2, 0) is 0 Å². The Morgan fingerprint density at radius 3 is 2.65 bits per heavy atom. The fraction of sp³-hybridized carbons (Fsp3) is 0.455. The molecule has 0 saturated heterocycles. The smallest absolute Gasteiger partial charge is 0.384 e. The Morgan fingerprint density at radius 1 is 1.29 bits per heavy atom. The van der Waals surface area contributed by atoms with Crippen LogP contribution >= 0.6 is 23.2 Å². The zero-order valence-corrected chi connectivity index (χ0v) is 10.3. The number of benzene rings is 1. The molecule has 0 saturated carbocycles. The Hall–Kier alpha value is -0.610. The van der Waals surface area contributed by atoms with Gasteiger partial charge in [-0.1, -0.05) is 23.2 Å². The van der Waals surface area contributed by atoms with Crippen molar-refractivity contribution < 1.29 is 13.2 Å². The second-order valence-electron chi connectivity index (χ2n) is 4.08. The van der Waals surface area contributed by atoms with Crippen molar-refractivity contribution in [2.75, 3.05) is 11.9 Å². The fourth-order valence-electron chi connectivity index (χ4n) is 2.12. The molecule has 0 radical (unpaired) electrons. The van der Waals surface area contributed by atoms with E-state index in [9.17, 15) is 13.2 Å². The summed E-state index contributed by atoms with van der Waals surface area (Å²) in [7, 11) is 0. The van der Waals surface area contributed by atoms with Crippen molar-refractivity contribution in [3.63, 3.8) is 0 Å². The number of nitrogens with one attached hydrogen (secondary N) is 1. The molecule has 94 valence electrons. The van der Waals surface area contributed by atoms with Crippen LogP contribution in [0.1, 0.15) is 24.3 Å². The van der Waals surface area contributed by atoms with E-state index in [0.717, 1.165) is 0 Å². The highest BCUT2D eigenvalue weighted by molar-refractivity contribution is 6.36. The molecule has 17 heavy (non-hydrogen) atoms. The summed E-state index contributed by atoms with van der Waals surface area (Å²) >= 11 is 11.8. The Balaban J connectivity index is 2.37. The van der Waals surface area contributed by atoms with Gasteiger partial charge in [0.2, 0.25) is 0 Å². The van der Waals surface area contributed by atoms with Gasteiger partial charge in [-0.2, -0.15) is 13.2 Å². The molecule has 1 aliphatic rings. The van der Waals surface area contributed by atoms with E-state index in [2.05, 4.69) is 5.32 Å². The third kappa shape index (κ3) is 2.99. The molecule has 1 unspecified atom stereocenters. The highest BCUT2D eigenvalue weighted by Crippen LogP contribution is 2.43. The summed E-state index contributed by atoms with van der Waals surface area (Å²) in [4.78, 5) is 0. The lowest BCUT2D eigenvalue weighted by molar-refractivity contribution is -0.139. The zero-order valence-electron chi connectivity index (χ0n) is 8.74. The van der Waals surface area contributed by atoms with Gasteiger partial charge >= 0.3 is 6.18 Å². The third-order valence-corrected chi connectivity index (χ3v) is 3.31. The first-order chi connectivity index (χ1) is 7.87. The number of anilines is 1. The van der Waals surface area contributed by atoms with E-state index in [1.165, 1.54) is 6.07 Å². The van der Waals surface area contributed by atoms with Crippen LogP contribution in [0.5, 0.6) is 0 Å². The summed E-state index contributed by atoms with van der Waals surface area (Å²) in [6.45, 7) is 0.495. The maximum absolute atomic E-state index is 12.4. The largest absolute Gasteiger partial charge is 0.389 e. The van der Waals surface area contributed by atoms with Crippen LogP contribution in [0, 0.1) is 0 Å². The molecule has 1 aromatic carbocycles. The molecule has 1 aliphatic heterocycles. The van der Waals surface area contributed by atoms with Crippen LogP contribution in [0.3, 0.4) is 0 Å². The van der Waals surface area contributed by atoms with Crippen LogP contribution in [0.15, 0.2) is 12.1 Å². The molecule has 0 fully saturated rings. The second-order valence-corrected chi connectivity index (χ2v) is 4.93. The highest BCUT2D eigenvalue weighted by Gasteiger charge is 2.35. The number of rotatable bonds is 1. The molecule has 1 nitrogen and oxygen atoms in total. The van der Waals surface area contributed by atoms with E-state index in [4.69, 9.17) is 23.2 Å². The standard InChI is InChI=1S/C11H10Cl2F3N/c12-7-3-8-6(5-11(14,15)16)1-2-17-10(8)9(13)4-7/h3-4,6,17H,1-2,5H2. The van der Waals surface area contributed by atoms with Gasteiger partial charge in [0.25, 0.3) is 0 Å². The van der Waals surface area contributed by atoms with Gasteiger partial charge in [-0.15, -0.1) is 0 Å². The summed E-state index contributed by atoms with van der Waals surface area (Å²) in [5.74, 6) is -0.567. The van der Waals surface area contributed by atoms with Crippen LogP contribution in [0.2, 0.25) is 10.0 Å². The number of alkyl halides is 3. The van der Waals surface area contributed by atoms with Crippen LogP contribution in [0.4, 0.5) is 18.9 Å². The van der Waals surface area contributed by atoms with Crippen molar-refractivity contribution in [3.8, 4) is 0 Å². The average molecular weight is 284 g/mol. The Labute approximate surface area is 107 Å². The minimum atomic E-state index is -4.17. The van der Waals surface area contributed by atoms with Crippen molar-refractivity contribution in [2.24, 2.45) is 0 Å². The molecule has 1 heterocycles. The van der Waals surface area contributed by atoms with E-state index in [-0.39, 0.29) is 0 Å². The van der Waals surface area contributed by atoms with E-state index in [0.29, 0.717) is 34.3 Å². The SMILES string of the molecule is FC(F)(F)CC1CCNc2c(Cl)cc(Cl)cc21. The molecule has 6 heteroatoms. The minimum Gasteiger partial charge on any atom is -0.384 e. The van der Waals surface area contributed by atoms with E-state index >= 15 is 0 Å². The molecule has 0 bridgehead atoms. The molecular formula is C11H10Cl2F3N. The predicted octanol–water partition coefficient (Wildman–Crippen LogP) is 4.85. The summed E-state index contributed by atoms with van der Waals surface area (Å²) < 4.78 is 37.3. The summed E-state index contributed by atoms with van der Waals surface area (Å²) in [6, 6.07) is 3.09. The van der Waals surface area contributed by atoms with Gasteiger partial charge in [-0.25, -0.2) is 0 Å². The van der Waals surface area contributed by atoms with E-state index < -0.39 is 18.5 Å². The number of hydrogen-bond acceptors (Lipinski definition) is 1. The zero-order chi connectivity index (χ0) is 12.6. The second kappa shape index (κ2) is 4.58. The average Bonchev–Trinajstić information content (AvgIpc) is 2.17. The lowest BCUT2D eigenvalue weighted by atomic mass is 9.88. The third-order valence-electron chi connectivity index (χ3n) is 2.80. The molecule has 1 aromatic rings. The van der Waals surface area contributed by atoms with Gasteiger partial charge in [0.15, 0.2) is 0 Å². The lowest BCUT2D eigenvalue weighted by Gasteiger charge is -2.28. The molecule has 1 atom stereocenters. The van der Waals surface area contributed by atoms with Crippen LogP contribution in [0.25, 0.3) is 0 Å². The first kappa shape index (κ1) is 12.8. The van der Waals surface area contributed by atoms with E-state index in [1.54, 1.807) is 6.07 Å². The van der Waals surface area contributed by atoms with Gasteiger partial charge in [0.05, 0.1) is 17.1 Å². The van der Waals surface area contributed by atoms with Crippen LogP contribution < -0.4 is 5.32 Å². The topological polar surface area (TPSA) is 12.0 Å². The minimum absolute atomic E-state index is 0.365. The first-order valence-electron chi connectivity index (χ1n) is 5.16. The summed E-state index contributed by atoms with van der Waals surface area (Å²) in [6.07, 6.45) is -4.57. The number of halogens is 5. The van der Waals surface area contributed by atoms with E-state index in [1.807, 2.05) is 0 Å². The van der Waals surface area contributed by atoms with Crippen molar-refractivity contribution in [1.29, 1.82) is 0 Å². The molecular weight excluding hydrogens is 274 g/mol. The van der Waals surface area contributed by atoms with Crippen molar-refractivity contribution in [2.45, 2.75) is 24.9 Å². The summed E-state index contributed by atoms with van der Waals surface area (Å²) in [5, 5.41) is 3.76. The van der Waals surface area contributed by atoms with Gasteiger partial charge in [-0.05, 0) is 30.0 Å². The maximum Gasteiger partial charge on any atom is 0.389 e. The van der Waals surface area contributed by atoms with Gasteiger partial charge in [0.1, 0.15) is 0 Å². The molecule has 2 rings (SSSR count). The maximum atomic E-state index is 12.4. The Kier molecular flexibility index (Phi) is 3.46. The Morgan fingerprint density at radius 2 is 2.00 bits per heavy atom. The normalized spacial score (nSPS) is 19.7. The molecule has 0 aliphatic carbocycles. The molecule has 0 spiro atoms. The van der Waals surface area contributed by atoms with Crippen molar-refractivity contribution in [1.82, 2.24) is 0 Å². The highest BCUT2D eigenvalue weighted by atomic mass is 35.5. The number of hydrogen-bond donors (Lipinski definition) is 1. The monoisotopic (exact) mass is 283 g/mol. The summed E-state index contributed by atoms with van der Waals surface area (Å²) in [5.41, 5.74) is 1.14. The van der Waals surface area contributed by atoms with Crippen LogP contribution in [-0.4, -0.2) is 12.7 Å².